The zero-order valence-corrected chi connectivity index (χ0v) is 16.8. The number of nitrogens with one attached hydrogen (secondary N) is 1. The van der Waals surface area contributed by atoms with Crippen molar-refractivity contribution in [1.29, 1.82) is 0 Å². The van der Waals surface area contributed by atoms with Gasteiger partial charge in [-0.25, -0.2) is 4.39 Å². The standard InChI is InChI=1S/C24H17FN6O/c25-18-8-4-16(5-9-18)15-23(32)27-19-10-6-17(7-11-19)20-12-13-22-28-29-24(31(22)30-20)21-3-1-2-14-26-21/h1-14H,15H2,(H,27,32). The highest BCUT2D eigenvalue weighted by molar-refractivity contribution is 5.92. The topological polar surface area (TPSA) is 85.1 Å². The Hall–Kier alpha value is -4.46. The third kappa shape index (κ3) is 4.06. The van der Waals surface area contributed by atoms with Crippen molar-refractivity contribution in [1.82, 2.24) is 24.8 Å². The minimum atomic E-state index is -0.324. The van der Waals surface area contributed by atoms with Crippen LogP contribution in [0.1, 0.15) is 5.56 Å². The zero-order valence-electron chi connectivity index (χ0n) is 16.8. The quantitative estimate of drug-likeness (QED) is 0.458. The first-order chi connectivity index (χ1) is 15.7. The first kappa shape index (κ1) is 19.5. The summed E-state index contributed by atoms with van der Waals surface area (Å²) in [4.78, 5) is 16.6. The Morgan fingerprint density at radius 2 is 1.69 bits per heavy atom. The van der Waals surface area contributed by atoms with E-state index < -0.39 is 0 Å². The van der Waals surface area contributed by atoms with Crippen LogP contribution in [0.15, 0.2) is 85.1 Å². The van der Waals surface area contributed by atoms with E-state index in [1.807, 2.05) is 54.6 Å². The second-order valence-electron chi connectivity index (χ2n) is 7.16. The minimum Gasteiger partial charge on any atom is -0.326 e. The first-order valence-corrected chi connectivity index (χ1v) is 9.94. The molecule has 0 radical (unpaired) electrons. The molecule has 0 saturated carbocycles. The largest absolute Gasteiger partial charge is 0.326 e. The molecule has 5 rings (SSSR count). The predicted octanol–water partition coefficient (Wildman–Crippen LogP) is 4.17. The molecule has 8 heteroatoms. The highest BCUT2D eigenvalue weighted by Crippen LogP contribution is 2.22. The minimum absolute atomic E-state index is 0.171. The van der Waals surface area contributed by atoms with Crippen LogP contribution in [-0.4, -0.2) is 30.7 Å². The lowest BCUT2D eigenvalue weighted by Crippen LogP contribution is -2.14. The van der Waals surface area contributed by atoms with Crippen molar-refractivity contribution >= 4 is 17.2 Å². The van der Waals surface area contributed by atoms with Gasteiger partial charge in [0.15, 0.2) is 5.65 Å². The van der Waals surface area contributed by atoms with Crippen LogP contribution < -0.4 is 5.32 Å². The number of carbonyl (C=O) groups excluding carboxylic acids is 1. The number of fused-ring (bicyclic) bond motifs is 1. The van der Waals surface area contributed by atoms with E-state index in [4.69, 9.17) is 0 Å². The Kier molecular flexibility index (Phi) is 5.09. The number of hydrogen-bond donors (Lipinski definition) is 1. The van der Waals surface area contributed by atoms with Gasteiger partial charge in [-0.2, -0.15) is 9.61 Å². The van der Waals surface area contributed by atoms with E-state index >= 15 is 0 Å². The van der Waals surface area contributed by atoms with E-state index in [-0.39, 0.29) is 18.1 Å². The second-order valence-corrected chi connectivity index (χ2v) is 7.16. The molecule has 7 nitrogen and oxygen atoms in total. The summed E-state index contributed by atoms with van der Waals surface area (Å²) in [5.41, 5.74) is 4.34. The normalized spacial score (nSPS) is 10.9. The molecule has 1 N–H and O–H groups in total. The summed E-state index contributed by atoms with van der Waals surface area (Å²) in [6, 6.07) is 22.6. The number of amides is 1. The van der Waals surface area contributed by atoms with Gasteiger partial charge >= 0.3 is 0 Å². The van der Waals surface area contributed by atoms with Crippen LogP contribution in [0.3, 0.4) is 0 Å². The Balaban J connectivity index is 1.34. The molecule has 3 aromatic heterocycles. The lowest BCUT2D eigenvalue weighted by atomic mass is 10.1. The van der Waals surface area contributed by atoms with Crippen molar-refractivity contribution in [3.8, 4) is 22.8 Å². The van der Waals surface area contributed by atoms with Gasteiger partial charge in [0.2, 0.25) is 11.7 Å². The van der Waals surface area contributed by atoms with E-state index in [1.165, 1.54) is 12.1 Å². The van der Waals surface area contributed by atoms with Gasteiger partial charge in [-0.1, -0.05) is 30.3 Å². The van der Waals surface area contributed by atoms with Crippen molar-refractivity contribution in [2.45, 2.75) is 6.42 Å². The van der Waals surface area contributed by atoms with Crippen molar-refractivity contribution in [2.24, 2.45) is 0 Å². The molecular weight excluding hydrogens is 407 g/mol. The number of anilines is 1. The number of hydrogen-bond acceptors (Lipinski definition) is 5. The summed E-state index contributed by atoms with van der Waals surface area (Å²) in [5.74, 6) is 0.0655. The van der Waals surface area contributed by atoms with Gasteiger partial charge in [-0.3, -0.25) is 9.78 Å². The molecule has 0 unspecified atom stereocenters. The molecule has 0 bridgehead atoms. The summed E-state index contributed by atoms with van der Waals surface area (Å²) in [6.45, 7) is 0. The Bertz CT molecular complexity index is 1380. The van der Waals surface area contributed by atoms with Crippen LogP contribution in [0.2, 0.25) is 0 Å². The summed E-state index contributed by atoms with van der Waals surface area (Å²) in [5, 5.41) is 15.9. The monoisotopic (exact) mass is 424 g/mol. The molecule has 5 aromatic rings. The van der Waals surface area contributed by atoms with Crippen LogP contribution >= 0.6 is 0 Å². The van der Waals surface area contributed by atoms with E-state index in [0.29, 0.717) is 22.9 Å². The van der Waals surface area contributed by atoms with Crippen LogP contribution in [0, 0.1) is 5.82 Å². The maximum Gasteiger partial charge on any atom is 0.228 e. The molecule has 0 aliphatic rings. The number of pyridine rings is 1. The highest BCUT2D eigenvalue weighted by Gasteiger charge is 2.12. The molecule has 2 aromatic carbocycles. The van der Waals surface area contributed by atoms with E-state index in [2.05, 4.69) is 25.6 Å². The molecule has 0 atom stereocenters. The fourth-order valence-corrected chi connectivity index (χ4v) is 3.31. The van der Waals surface area contributed by atoms with Crippen molar-refractivity contribution in [2.75, 3.05) is 5.32 Å². The fourth-order valence-electron chi connectivity index (χ4n) is 3.31. The average Bonchev–Trinajstić information content (AvgIpc) is 3.25. The molecule has 1 amide bonds. The molecule has 0 fully saturated rings. The summed E-state index contributed by atoms with van der Waals surface area (Å²) in [7, 11) is 0. The number of halogens is 1. The highest BCUT2D eigenvalue weighted by atomic mass is 19.1. The third-order valence-electron chi connectivity index (χ3n) is 4.90. The number of nitrogens with zero attached hydrogens (tertiary/aromatic N) is 5. The maximum absolute atomic E-state index is 13.0. The lowest BCUT2D eigenvalue weighted by Gasteiger charge is -2.07. The molecule has 156 valence electrons. The van der Waals surface area contributed by atoms with E-state index in [9.17, 15) is 9.18 Å². The predicted molar refractivity (Wildman–Crippen MR) is 118 cm³/mol. The maximum atomic E-state index is 13.0. The van der Waals surface area contributed by atoms with Gasteiger partial charge in [-0.05, 0) is 54.1 Å². The third-order valence-corrected chi connectivity index (χ3v) is 4.90. The molecule has 0 spiro atoms. The first-order valence-electron chi connectivity index (χ1n) is 9.94. The number of aromatic nitrogens is 5. The van der Waals surface area contributed by atoms with E-state index in [0.717, 1.165) is 16.8 Å². The smallest absolute Gasteiger partial charge is 0.228 e. The van der Waals surface area contributed by atoms with Gasteiger partial charge in [-0.15, -0.1) is 10.2 Å². The van der Waals surface area contributed by atoms with E-state index in [1.54, 1.807) is 22.8 Å². The number of rotatable bonds is 5. The second kappa shape index (κ2) is 8.35. The molecule has 0 aliphatic heterocycles. The Morgan fingerprint density at radius 3 is 2.44 bits per heavy atom. The zero-order chi connectivity index (χ0) is 21.9. The Labute approximate surface area is 182 Å². The molecular formula is C24H17FN6O. The summed E-state index contributed by atoms with van der Waals surface area (Å²) in [6.07, 6.45) is 1.87. The lowest BCUT2D eigenvalue weighted by molar-refractivity contribution is -0.115. The van der Waals surface area contributed by atoms with Crippen LogP contribution in [0.25, 0.3) is 28.4 Å². The SMILES string of the molecule is O=C(Cc1ccc(F)cc1)Nc1ccc(-c2ccc3nnc(-c4ccccn4)n3n2)cc1. The molecule has 0 aliphatic carbocycles. The fraction of sp³-hybridized carbons (Fsp3) is 0.0417. The molecule has 0 saturated heterocycles. The number of benzene rings is 2. The average molecular weight is 424 g/mol. The molecule has 32 heavy (non-hydrogen) atoms. The van der Waals surface area contributed by atoms with Crippen molar-refractivity contribution in [3.05, 3.63) is 96.4 Å². The molecule has 3 heterocycles. The van der Waals surface area contributed by atoms with Gasteiger partial charge in [0.05, 0.1) is 12.1 Å². The van der Waals surface area contributed by atoms with Crippen molar-refractivity contribution in [3.63, 3.8) is 0 Å². The van der Waals surface area contributed by atoms with Crippen LogP contribution in [-0.2, 0) is 11.2 Å². The summed E-state index contributed by atoms with van der Waals surface area (Å²) >= 11 is 0. The number of carbonyl (C=O) groups is 1. The van der Waals surface area contributed by atoms with Gasteiger partial charge in [0, 0.05) is 17.4 Å². The van der Waals surface area contributed by atoms with Crippen molar-refractivity contribution < 1.29 is 9.18 Å². The summed E-state index contributed by atoms with van der Waals surface area (Å²) < 4.78 is 14.7. The van der Waals surface area contributed by atoms with Gasteiger partial charge in [0.1, 0.15) is 11.5 Å². The van der Waals surface area contributed by atoms with Crippen LogP contribution in [0.5, 0.6) is 0 Å². The van der Waals surface area contributed by atoms with Gasteiger partial charge < -0.3 is 5.32 Å². The van der Waals surface area contributed by atoms with Gasteiger partial charge in [0.25, 0.3) is 0 Å². The van der Waals surface area contributed by atoms with Crippen LogP contribution in [0.4, 0.5) is 10.1 Å². The Morgan fingerprint density at radius 1 is 0.875 bits per heavy atom.